The summed E-state index contributed by atoms with van der Waals surface area (Å²) in [6, 6.07) is 8.62. The molecule has 9 heteroatoms. The monoisotopic (exact) mass is 463 g/mol. The van der Waals surface area contributed by atoms with Crippen LogP contribution in [0.5, 0.6) is 0 Å². The number of likely N-dealkylation sites (tertiary alicyclic amines) is 1. The van der Waals surface area contributed by atoms with E-state index in [0.717, 1.165) is 30.5 Å². The molecule has 176 valence electrons. The number of piperidine rings is 1. The van der Waals surface area contributed by atoms with Crippen molar-refractivity contribution >= 4 is 11.9 Å². The first-order valence-electron chi connectivity index (χ1n) is 10.8. The quantitative estimate of drug-likeness (QED) is 0.667. The van der Waals surface area contributed by atoms with Crippen LogP contribution >= 0.6 is 0 Å². The van der Waals surface area contributed by atoms with Crippen molar-refractivity contribution in [3.8, 4) is 0 Å². The summed E-state index contributed by atoms with van der Waals surface area (Å²) >= 11 is 0. The lowest BCUT2D eigenvalue weighted by atomic mass is 9.98. The average molecular weight is 463 g/mol. The molecule has 0 aromatic heterocycles. The highest BCUT2D eigenvalue weighted by atomic mass is 19.4. The Morgan fingerprint density at radius 2 is 1.79 bits per heavy atom. The molecule has 1 atom stereocenters. The van der Waals surface area contributed by atoms with Crippen molar-refractivity contribution in [2.75, 3.05) is 6.54 Å². The molecule has 2 fully saturated rings. The number of amides is 1. The molecule has 0 unspecified atom stereocenters. The van der Waals surface area contributed by atoms with Crippen LogP contribution in [0.1, 0.15) is 59.2 Å². The molecule has 2 aliphatic rings. The van der Waals surface area contributed by atoms with Gasteiger partial charge in [0.25, 0.3) is 0 Å². The summed E-state index contributed by atoms with van der Waals surface area (Å²) in [6.45, 7) is 0.652. The number of rotatable bonds is 6. The molecule has 0 bridgehead atoms. The fraction of sp³-hybridized carbons (Fsp3) is 0.417. The zero-order valence-electron chi connectivity index (χ0n) is 17.8. The van der Waals surface area contributed by atoms with Gasteiger partial charge in [-0.15, -0.1) is 0 Å². The van der Waals surface area contributed by atoms with Crippen molar-refractivity contribution in [3.05, 3.63) is 70.5 Å². The number of nitrogens with one attached hydrogen (secondary N) is 1. The highest BCUT2D eigenvalue weighted by Gasteiger charge is 2.47. The predicted octanol–water partition coefficient (Wildman–Crippen LogP) is 3.37. The van der Waals surface area contributed by atoms with Gasteiger partial charge in [0, 0.05) is 6.54 Å². The van der Waals surface area contributed by atoms with E-state index >= 15 is 0 Å². The molecule has 33 heavy (non-hydrogen) atoms. The normalized spacial score (nSPS) is 20.3. The molecule has 1 saturated carbocycles. The van der Waals surface area contributed by atoms with Crippen LogP contribution in [-0.2, 0) is 23.1 Å². The molecule has 1 amide bonds. The van der Waals surface area contributed by atoms with Crippen molar-refractivity contribution in [1.29, 1.82) is 0 Å². The third-order valence-electron chi connectivity index (χ3n) is 6.42. The van der Waals surface area contributed by atoms with Gasteiger partial charge < -0.3 is 15.2 Å². The largest absolute Gasteiger partial charge is 0.545 e. The second kappa shape index (κ2) is 8.78. The van der Waals surface area contributed by atoms with Gasteiger partial charge in [0.1, 0.15) is 5.82 Å². The van der Waals surface area contributed by atoms with Gasteiger partial charge >= 0.3 is 6.18 Å². The summed E-state index contributed by atoms with van der Waals surface area (Å²) in [5, 5.41) is 14.1. The first-order chi connectivity index (χ1) is 15.6. The number of aromatic carboxylic acids is 1. The van der Waals surface area contributed by atoms with E-state index in [2.05, 4.69) is 5.32 Å². The standard InChI is InChI=1S/C24H24F4N2O3/c25-19-9-4-15(13-18(19)24(26,27)28)14-30-12-2-1-3-20(30)21(31)29-23(10-11-23)17-7-5-16(6-8-17)22(32)33/h4-9,13,20H,1-3,10-12,14H2,(H,29,31)(H,32,33)/p-1/t20-/m1/s1. The lowest BCUT2D eigenvalue weighted by Gasteiger charge is -2.36. The van der Waals surface area contributed by atoms with Crippen LogP contribution < -0.4 is 10.4 Å². The maximum atomic E-state index is 13.6. The second-order valence-corrected chi connectivity index (χ2v) is 8.73. The van der Waals surface area contributed by atoms with Gasteiger partial charge in [-0.25, -0.2) is 4.39 Å². The molecule has 2 aromatic carbocycles. The molecular weight excluding hydrogens is 440 g/mol. The van der Waals surface area contributed by atoms with E-state index in [1.165, 1.54) is 18.2 Å². The Morgan fingerprint density at radius 3 is 2.39 bits per heavy atom. The van der Waals surface area contributed by atoms with E-state index in [1.54, 1.807) is 12.1 Å². The lowest BCUT2D eigenvalue weighted by molar-refractivity contribution is -0.255. The summed E-state index contributed by atoms with van der Waals surface area (Å²) in [7, 11) is 0. The minimum atomic E-state index is -4.79. The molecule has 1 heterocycles. The number of carbonyl (C=O) groups is 2. The predicted molar refractivity (Wildman–Crippen MR) is 109 cm³/mol. The van der Waals surface area contributed by atoms with Gasteiger partial charge in [0.15, 0.2) is 0 Å². The number of halogens is 4. The third kappa shape index (κ3) is 5.03. The highest BCUT2D eigenvalue weighted by Crippen LogP contribution is 2.46. The summed E-state index contributed by atoms with van der Waals surface area (Å²) in [5.74, 6) is -2.81. The number of carbonyl (C=O) groups excluding carboxylic acids is 2. The smallest absolute Gasteiger partial charge is 0.419 e. The van der Waals surface area contributed by atoms with Crippen molar-refractivity contribution < 1.29 is 32.3 Å². The van der Waals surface area contributed by atoms with E-state index < -0.39 is 35.1 Å². The fourth-order valence-corrected chi connectivity index (χ4v) is 4.46. The van der Waals surface area contributed by atoms with Crippen LogP contribution in [0.4, 0.5) is 17.6 Å². The van der Waals surface area contributed by atoms with Crippen LogP contribution in [0, 0.1) is 5.82 Å². The molecule has 0 radical (unpaired) electrons. The summed E-state index contributed by atoms with van der Waals surface area (Å²) in [6.07, 6.45) is -1.17. The lowest BCUT2D eigenvalue weighted by Crippen LogP contribution is -2.51. The number of hydrogen-bond donors (Lipinski definition) is 1. The van der Waals surface area contributed by atoms with Crippen molar-refractivity contribution in [1.82, 2.24) is 10.2 Å². The van der Waals surface area contributed by atoms with Crippen molar-refractivity contribution in [2.24, 2.45) is 0 Å². The van der Waals surface area contributed by atoms with E-state index in [4.69, 9.17) is 0 Å². The molecule has 0 spiro atoms. The van der Waals surface area contributed by atoms with Gasteiger partial charge in [-0.1, -0.05) is 36.8 Å². The van der Waals surface area contributed by atoms with Crippen LogP contribution in [0.25, 0.3) is 0 Å². The summed E-state index contributed by atoms with van der Waals surface area (Å²) in [5.41, 5.74) is -0.727. The molecule has 2 aromatic rings. The Labute approximate surface area is 188 Å². The molecule has 1 saturated heterocycles. The van der Waals surface area contributed by atoms with Crippen molar-refractivity contribution in [2.45, 2.75) is 56.4 Å². The second-order valence-electron chi connectivity index (χ2n) is 8.73. The Kier molecular flexibility index (Phi) is 6.18. The number of alkyl halides is 3. The summed E-state index contributed by atoms with van der Waals surface area (Å²) in [4.78, 5) is 26.0. The molecule has 5 nitrogen and oxygen atoms in total. The van der Waals surface area contributed by atoms with Crippen LogP contribution in [0.2, 0.25) is 0 Å². The average Bonchev–Trinajstić information content (AvgIpc) is 3.55. The first-order valence-corrected chi connectivity index (χ1v) is 10.8. The Morgan fingerprint density at radius 1 is 1.09 bits per heavy atom. The number of benzene rings is 2. The zero-order valence-corrected chi connectivity index (χ0v) is 17.8. The van der Waals surface area contributed by atoms with Crippen LogP contribution in [-0.4, -0.2) is 29.4 Å². The zero-order chi connectivity index (χ0) is 23.8. The maximum Gasteiger partial charge on any atom is 0.419 e. The molecule has 4 rings (SSSR count). The minimum Gasteiger partial charge on any atom is -0.545 e. The van der Waals surface area contributed by atoms with Crippen LogP contribution in [0.3, 0.4) is 0 Å². The number of hydrogen-bond acceptors (Lipinski definition) is 4. The van der Waals surface area contributed by atoms with Gasteiger partial charge in [-0.05, 0) is 61.1 Å². The molecule has 1 aliphatic heterocycles. The molecule has 1 N–H and O–H groups in total. The highest BCUT2D eigenvalue weighted by molar-refractivity contribution is 5.86. The van der Waals surface area contributed by atoms with Gasteiger partial charge in [0.2, 0.25) is 5.91 Å². The van der Waals surface area contributed by atoms with E-state index in [0.29, 0.717) is 31.4 Å². The fourth-order valence-electron chi connectivity index (χ4n) is 4.46. The van der Waals surface area contributed by atoms with Gasteiger partial charge in [-0.2, -0.15) is 13.2 Å². The summed E-state index contributed by atoms with van der Waals surface area (Å²) < 4.78 is 52.9. The van der Waals surface area contributed by atoms with Gasteiger partial charge in [-0.3, -0.25) is 9.69 Å². The SMILES string of the molecule is O=C([O-])c1ccc(C2(NC(=O)[C@H]3CCCCN3Cc3ccc(F)c(C(F)(F)F)c3)CC2)cc1. The minimum absolute atomic E-state index is 0.0526. The maximum absolute atomic E-state index is 13.6. The number of nitrogens with zero attached hydrogens (tertiary/aromatic N) is 1. The van der Waals surface area contributed by atoms with E-state index in [1.807, 2.05) is 4.90 Å². The molecule has 1 aliphatic carbocycles. The van der Waals surface area contributed by atoms with E-state index in [9.17, 15) is 32.3 Å². The topological polar surface area (TPSA) is 72.5 Å². The third-order valence-corrected chi connectivity index (χ3v) is 6.42. The number of carboxylic acids is 1. The van der Waals surface area contributed by atoms with Crippen molar-refractivity contribution in [3.63, 3.8) is 0 Å². The van der Waals surface area contributed by atoms with E-state index in [-0.39, 0.29) is 18.0 Å². The Bertz CT molecular complexity index is 1050. The Hall–Kier alpha value is -2.94. The Balaban J connectivity index is 1.48. The van der Waals surface area contributed by atoms with Gasteiger partial charge in [0.05, 0.1) is 23.1 Å². The molecular formula is C24H23F4N2O3-. The number of carboxylic acid groups (broad SMARTS) is 1. The van der Waals surface area contributed by atoms with Crippen LogP contribution in [0.15, 0.2) is 42.5 Å². The first kappa shape index (κ1) is 23.2.